The third-order valence-corrected chi connectivity index (χ3v) is 5.82. The molecule has 0 aromatic heterocycles. The van der Waals surface area contributed by atoms with E-state index in [0.717, 1.165) is 0 Å². The van der Waals surface area contributed by atoms with E-state index in [1.54, 1.807) is 66.7 Å². The molecule has 1 aliphatic heterocycles. The Labute approximate surface area is 202 Å². The molecular formula is C22H17N2NaO5S. The van der Waals surface area contributed by atoms with Crippen molar-refractivity contribution in [1.29, 1.82) is 0 Å². The molecule has 1 heterocycles. The number of para-hydroxylation sites is 2. The van der Waals surface area contributed by atoms with Crippen LogP contribution in [0.25, 0.3) is 0 Å². The van der Waals surface area contributed by atoms with Gasteiger partial charge in [0.15, 0.2) is 0 Å². The second-order valence-corrected chi connectivity index (χ2v) is 8.14. The van der Waals surface area contributed by atoms with Crippen LogP contribution in [-0.2, 0) is 26.1 Å². The zero-order valence-electron chi connectivity index (χ0n) is 16.7. The van der Waals surface area contributed by atoms with E-state index in [9.17, 15) is 22.6 Å². The summed E-state index contributed by atoms with van der Waals surface area (Å²) >= 11 is 0. The van der Waals surface area contributed by atoms with E-state index in [1.807, 2.05) is 0 Å². The van der Waals surface area contributed by atoms with E-state index in [2.05, 4.69) is 0 Å². The molecule has 1 saturated heterocycles. The summed E-state index contributed by atoms with van der Waals surface area (Å²) in [5.41, 5.74) is 1.15. The van der Waals surface area contributed by atoms with E-state index in [1.165, 1.54) is 28.2 Å². The van der Waals surface area contributed by atoms with Crippen molar-refractivity contribution < 1.29 is 52.1 Å². The number of nitrogens with zero attached hydrogens (tertiary/aromatic N) is 2. The minimum absolute atomic E-state index is 0. The Bertz CT molecular complexity index is 1150. The van der Waals surface area contributed by atoms with Crippen molar-refractivity contribution in [3.63, 3.8) is 0 Å². The third-order valence-electron chi connectivity index (χ3n) is 4.88. The fourth-order valence-corrected chi connectivity index (χ4v) is 4.25. The molecule has 0 saturated carbocycles. The Morgan fingerprint density at radius 2 is 1.13 bits per heavy atom. The molecule has 0 aliphatic carbocycles. The summed E-state index contributed by atoms with van der Waals surface area (Å²) in [6.45, 7) is 0. The maximum atomic E-state index is 13.3. The average Bonchev–Trinajstić information content (AvgIpc) is 2.99. The van der Waals surface area contributed by atoms with Gasteiger partial charge in [-0.05, 0) is 42.3 Å². The molecule has 4 rings (SSSR count). The summed E-state index contributed by atoms with van der Waals surface area (Å²) in [4.78, 5) is 26.2. The molecule has 152 valence electrons. The third kappa shape index (κ3) is 4.58. The molecule has 7 nitrogen and oxygen atoms in total. The first-order chi connectivity index (χ1) is 14.4. The Morgan fingerprint density at radius 3 is 1.58 bits per heavy atom. The zero-order chi connectivity index (χ0) is 21.3. The molecule has 3 aromatic carbocycles. The summed E-state index contributed by atoms with van der Waals surface area (Å²) in [5.74, 6) is -2.14. The fraction of sp³-hybridized carbons (Fsp3) is 0.0909. The molecule has 31 heavy (non-hydrogen) atoms. The molecule has 0 atom stereocenters. The van der Waals surface area contributed by atoms with Gasteiger partial charge in [0.2, 0.25) is 0 Å². The minimum Gasteiger partial charge on any atom is -0.744 e. The number of anilines is 2. The largest absolute Gasteiger partial charge is 1.00 e. The van der Waals surface area contributed by atoms with Crippen LogP contribution in [0.2, 0.25) is 0 Å². The van der Waals surface area contributed by atoms with Crippen LogP contribution in [0.1, 0.15) is 5.56 Å². The van der Waals surface area contributed by atoms with Gasteiger partial charge in [0.1, 0.15) is 16.0 Å². The van der Waals surface area contributed by atoms with Gasteiger partial charge in [0.05, 0.1) is 16.3 Å². The van der Waals surface area contributed by atoms with Crippen molar-refractivity contribution in [2.45, 2.75) is 11.3 Å². The van der Waals surface area contributed by atoms with E-state index < -0.39 is 32.7 Å². The normalized spacial score (nSPS) is 14.6. The standard InChI is InChI=1S/C22H18N2O5S.Na/c25-21-19(15-16-9-7-8-14-20(16)30(27,28)29)22(26)24(18-12-5-2-6-13-18)23(21)17-10-3-1-4-11-17;/h1-14,19H,15H2,(H,27,28,29);/q;+1/p-1. The van der Waals surface area contributed by atoms with Crippen LogP contribution in [0, 0.1) is 5.92 Å². The van der Waals surface area contributed by atoms with Crippen molar-refractivity contribution in [2.75, 3.05) is 10.0 Å². The second-order valence-electron chi connectivity index (χ2n) is 6.79. The smallest absolute Gasteiger partial charge is 0.744 e. The Kier molecular flexibility index (Phi) is 6.98. The molecule has 0 spiro atoms. The summed E-state index contributed by atoms with van der Waals surface area (Å²) in [6.07, 6.45) is -0.192. The Balaban J connectivity index is 0.00000272. The molecule has 0 unspecified atom stereocenters. The summed E-state index contributed by atoms with van der Waals surface area (Å²) in [7, 11) is -4.74. The number of rotatable bonds is 5. The summed E-state index contributed by atoms with van der Waals surface area (Å²) < 4.78 is 34.8. The van der Waals surface area contributed by atoms with Crippen LogP contribution in [-0.4, -0.2) is 24.8 Å². The van der Waals surface area contributed by atoms with E-state index in [-0.39, 0.29) is 41.5 Å². The molecular weight excluding hydrogens is 427 g/mol. The van der Waals surface area contributed by atoms with Crippen LogP contribution in [0.3, 0.4) is 0 Å². The maximum Gasteiger partial charge on any atom is 1.00 e. The molecule has 3 aromatic rings. The number of carbonyl (C=O) groups is 2. The van der Waals surface area contributed by atoms with Gasteiger partial charge in [-0.15, -0.1) is 0 Å². The summed E-state index contributed by atoms with van der Waals surface area (Å²) in [6, 6.07) is 23.1. The topological polar surface area (TPSA) is 97.8 Å². The van der Waals surface area contributed by atoms with E-state index >= 15 is 0 Å². The van der Waals surface area contributed by atoms with Gasteiger partial charge in [-0.1, -0.05) is 54.6 Å². The first kappa shape index (κ1) is 23.2. The monoisotopic (exact) mass is 444 g/mol. The number of amides is 2. The molecule has 2 amide bonds. The van der Waals surface area contributed by atoms with Crippen LogP contribution in [0.5, 0.6) is 0 Å². The van der Waals surface area contributed by atoms with Crippen LogP contribution >= 0.6 is 0 Å². The predicted molar refractivity (Wildman–Crippen MR) is 109 cm³/mol. The molecule has 0 N–H and O–H groups in total. The van der Waals surface area contributed by atoms with Crippen LogP contribution in [0.4, 0.5) is 11.4 Å². The number of benzene rings is 3. The van der Waals surface area contributed by atoms with Gasteiger partial charge >= 0.3 is 29.6 Å². The quantitative estimate of drug-likeness (QED) is 0.307. The zero-order valence-corrected chi connectivity index (χ0v) is 19.5. The first-order valence-electron chi connectivity index (χ1n) is 9.19. The van der Waals surface area contributed by atoms with Crippen molar-refractivity contribution in [3.8, 4) is 0 Å². The van der Waals surface area contributed by atoms with Crippen molar-refractivity contribution >= 4 is 33.3 Å². The molecule has 9 heteroatoms. The van der Waals surface area contributed by atoms with Gasteiger partial charge in [0, 0.05) is 0 Å². The number of hydrazine groups is 1. The first-order valence-corrected chi connectivity index (χ1v) is 10.6. The van der Waals surface area contributed by atoms with Gasteiger partial charge in [-0.2, -0.15) is 0 Å². The predicted octanol–water partition coefficient (Wildman–Crippen LogP) is -0.252. The molecule has 1 fully saturated rings. The van der Waals surface area contributed by atoms with Gasteiger partial charge in [-0.25, -0.2) is 18.4 Å². The Morgan fingerprint density at radius 1 is 0.710 bits per heavy atom. The van der Waals surface area contributed by atoms with Crippen molar-refractivity contribution in [2.24, 2.45) is 5.92 Å². The van der Waals surface area contributed by atoms with Crippen LogP contribution < -0.4 is 39.6 Å². The number of hydrogen-bond acceptors (Lipinski definition) is 5. The van der Waals surface area contributed by atoms with E-state index in [0.29, 0.717) is 11.4 Å². The molecule has 0 radical (unpaired) electrons. The Hall–Kier alpha value is -2.49. The number of hydrogen-bond donors (Lipinski definition) is 0. The van der Waals surface area contributed by atoms with Gasteiger partial charge in [-0.3, -0.25) is 9.59 Å². The van der Waals surface area contributed by atoms with Gasteiger partial charge in [0.25, 0.3) is 11.8 Å². The molecule has 1 aliphatic rings. The maximum absolute atomic E-state index is 13.3. The van der Waals surface area contributed by atoms with Crippen molar-refractivity contribution in [3.05, 3.63) is 90.5 Å². The minimum atomic E-state index is -4.74. The second kappa shape index (κ2) is 9.33. The van der Waals surface area contributed by atoms with E-state index in [4.69, 9.17) is 0 Å². The van der Waals surface area contributed by atoms with Gasteiger partial charge < -0.3 is 4.55 Å². The molecule has 0 bridgehead atoms. The van der Waals surface area contributed by atoms with Crippen molar-refractivity contribution in [1.82, 2.24) is 0 Å². The fourth-order valence-electron chi connectivity index (χ4n) is 3.53. The van der Waals surface area contributed by atoms with Crippen LogP contribution in [0.15, 0.2) is 89.8 Å². The average molecular weight is 444 g/mol. The summed E-state index contributed by atoms with van der Waals surface area (Å²) in [5, 5.41) is 2.58. The SMILES string of the molecule is O=C1C(Cc2ccccc2S(=O)(=O)[O-])C(=O)N(c2ccccc2)N1c1ccccc1.[Na+]. The number of carbonyl (C=O) groups excluding carboxylic acids is 2.